The Labute approximate surface area is 247 Å². The minimum atomic E-state index is -0.766. The molecule has 41 heavy (non-hydrogen) atoms. The maximum Gasteiger partial charge on any atom is 0.279 e. The van der Waals surface area contributed by atoms with Crippen molar-refractivity contribution in [2.45, 2.75) is 45.4 Å². The van der Waals surface area contributed by atoms with Crippen LogP contribution in [0.2, 0.25) is 10.0 Å². The van der Waals surface area contributed by atoms with Gasteiger partial charge in [-0.25, -0.2) is 9.97 Å². The highest BCUT2D eigenvalue weighted by Gasteiger charge is 2.49. The number of ether oxygens (including phenoxy) is 1. The molecule has 1 amide bonds. The van der Waals surface area contributed by atoms with Gasteiger partial charge in [0.2, 0.25) is 11.8 Å². The lowest BCUT2D eigenvalue weighted by Gasteiger charge is -2.44. The van der Waals surface area contributed by atoms with Crippen LogP contribution in [0.25, 0.3) is 22.5 Å². The second kappa shape index (κ2) is 8.92. The lowest BCUT2D eigenvalue weighted by molar-refractivity contribution is 0.0299. The molecule has 4 aromatic rings. The number of benzene rings is 2. The van der Waals surface area contributed by atoms with Gasteiger partial charge in [0.15, 0.2) is 5.69 Å². The number of carbonyl (C=O) groups excluding carboxylic acids is 1. The Morgan fingerprint density at radius 2 is 1.88 bits per heavy atom. The number of hydrogen-bond acceptors (Lipinski definition) is 7. The van der Waals surface area contributed by atoms with Crippen LogP contribution in [0.15, 0.2) is 36.5 Å². The fourth-order valence-electron chi connectivity index (χ4n) is 6.40. The number of hydrogen-bond donors (Lipinski definition) is 1. The molecule has 3 aliphatic rings. The monoisotopic (exact) mass is 590 g/mol. The molecule has 1 fully saturated rings. The Morgan fingerprint density at radius 3 is 2.56 bits per heavy atom. The number of aryl methyl sites for hydroxylation is 1. The van der Waals surface area contributed by atoms with E-state index in [-0.39, 0.29) is 11.9 Å². The molecule has 3 aliphatic heterocycles. The first kappa shape index (κ1) is 26.3. The number of nitrogens with zero attached hydrogens (tertiary/aromatic N) is 6. The minimum absolute atomic E-state index is 0.0542. The lowest BCUT2D eigenvalue weighted by atomic mass is 9.86. The van der Waals surface area contributed by atoms with E-state index < -0.39 is 11.6 Å². The van der Waals surface area contributed by atoms with Gasteiger partial charge in [0.05, 0.1) is 47.8 Å². The van der Waals surface area contributed by atoms with Gasteiger partial charge in [-0.15, -0.1) is 0 Å². The molecule has 2 aromatic carbocycles. The fraction of sp³-hybridized carbons (Fsp3) is 0.333. The molecule has 1 saturated heterocycles. The van der Waals surface area contributed by atoms with E-state index in [1.807, 2.05) is 47.1 Å². The molecule has 7 rings (SSSR count). The van der Waals surface area contributed by atoms with Gasteiger partial charge in [-0.1, -0.05) is 35.3 Å². The van der Waals surface area contributed by atoms with Gasteiger partial charge in [-0.05, 0) is 62.6 Å². The molecule has 210 valence electrons. The van der Waals surface area contributed by atoms with Crippen molar-refractivity contribution in [3.8, 4) is 28.4 Å². The van der Waals surface area contributed by atoms with E-state index in [1.54, 1.807) is 20.2 Å². The second-order valence-electron chi connectivity index (χ2n) is 11.5. The van der Waals surface area contributed by atoms with Crippen molar-refractivity contribution < 1.29 is 14.6 Å². The molecule has 5 heterocycles. The van der Waals surface area contributed by atoms with Gasteiger partial charge in [0, 0.05) is 22.8 Å². The molecule has 1 unspecified atom stereocenters. The van der Waals surface area contributed by atoms with Crippen molar-refractivity contribution in [3.05, 3.63) is 69.1 Å². The highest BCUT2D eigenvalue weighted by atomic mass is 35.5. The topological polar surface area (TPSA) is 96.6 Å². The Bertz CT molecular complexity index is 1770. The van der Waals surface area contributed by atoms with Crippen LogP contribution in [0.5, 0.6) is 5.88 Å². The Morgan fingerprint density at radius 1 is 1.12 bits per heavy atom. The molecular weight excluding hydrogens is 563 g/mol. The van der Waals surface area contributed by atoms with Crippen molar-refractivity contribution >= 4 is 40.7 Å². The Kier molecular flexibility index (Phi) is 5.71. The highest BCUT2D eigenvalue weighted by Crippen LogP contribution is 2.56. The third kappa shape index (κ3) is 3.72. The number of imidazole rings is 1. The molecular formula is C30H28Cl2N6O3. The van der Waals surface area contributed by atoms with E-state index in [2.05, 4.69) is 28.4 Å². The summed E-state index contributed by atoms with van der Waals surface area (Å²) in [5.74, 6) is 1.18. The first-order valence-electron chi connectivity index (χ1n) is 13.4. The van der Waals surface area contributed by atoms with Gasteiger partial charge in [0.25, 0.3) is 5.91 Å². The maximum absolute atomic E-state index is 14.2. The van der Waals surface area contributed by atoms with Crippen LogP contribution in [0.1, 0.15) is 60.2 Å². The van der Waals surface area contributed by atoms with Crippen molar-refractivity contribution in [2.75, 3.05) is 30.0 Å². The standard InChI is InChI=1S/C30H28Cl2N6O3/c1-14(2)37-25-22(34-26(37)19-11-33-29(35-27(19)41-5)36-12-30(4,40)13-36)28(39)38-23-15(3)6-9-20(32)21(23)18-10-16(31)7-8-17(18)24(25)38/h6-11,14,24,40H,12-13H2,1-5H3. The summed E-state index contributed by atoms with van der Waals surface area (Å²) in [5.41, 5.74) is 5.31. The quantitative estimate of drug-likeness (QED) is 0.318. The van der Waals surface area contributed by atoms with E-state index in [0.29, 0.717) is 52.0 Å². The van der Waals surface area contributed by atoms with E-state index in [0.717, 1.165) is 33.6 Å². The number of aromatic nitrogens is 4. The van der Waals surface area contributed by atoms with Crippen LogP contribution >= 0.6 is 23.2 Å². The molecule has 2 aromatic heterocycles. The number of β-amino-alcohol motifs (C(OH)–C–C–N with tert-alkyl or cyclic N) is 1. The summed E-state index contributed by atoms with van der Waals surface area (Å²) in [6.07, 6.45) is 1.68. The van der Waals surface area contributed by atoms with E-state index in [9.17, 15) is 9.90 Å². The zero-order valence-corrected chi connectivity index (χ0v) is 24.7. The maximum atomic E-state index is 14.2. The zero-order valence-electron chi connectivity index (χ0n) is 23.2. The average Bonchev–Trinajstić information content (AvgIpc) is 3.44. The van der Waals surface area contributed by atoms with E-state index in [4.69, 9.17) is 32.9 Å². The minimum Gasteiger partial charge on any atom is -0.480 e. The SMILES string of the molecule is COc1nc(N2CC(C)(O)C2)ncc1-c1nc2c(n1C(C)C)C1c3ccc(Cl)cc3-c3c(Cl)ccc(C)c3N1C2=O. The molecule has 9 nitrogen and oxygen atoms in total. The predicted octanol–water partition coefficient (Wildman–Crippen LogP) is 5.85. The summed E-state index contributed by atoms with van der Waals surface area (Å²) in [6.45, 7) is 8.75. The number of anilines is 2. The van der Waals surface area contributed by atoms with Gasteiger partial charge < -0.3 is 19.3 Å². The molecule has 1 atom stereocenters. The largest absolute Gasteiger partial charge is 0.480 e. The van der Waals surface area contributed by atoms with E-state index in [1.165, 1.54) is 0 Å². The first-order chi connectivity index (χ1) is 19.5. The number of rotatable bonds is 4. The summed E-state index contributed by atoms with van der Waals surface area (Å²) < 4.78 is 7.79. The van der Waals surface area contributed by atoms with Crippen LogP contribution < -0.4 is 14.5 Å². The number of amides is 1. The first-order valence-corrected chi connectivity index (χ1v) is 14.2. The molecule has 0 aliphatic carbocycles. The number of methoxy groups -OCH3 is 1. The van der Waals surface area contributed by atoms with Crippen LogP contribution in [0, 0.1) is 6.92 Å². The molecule has 0 spiro atoms. The molecule has 0 radical (unpaired) electrons. The van der Waals surface area contributed by atoms with Crippen molar-refractivity contribution in [3.63, 3.8) is 0 Å². The predicted molar refractivity (Wildman–Crippen MR) is 158 cm³/mol. The summed E-state index contributed by atoms with van der Waals surface area (Å²) in [5, 5.41) is 11.3. The summed E-state index contributed by atoms with van der Waals surface area (Å²) in [7, 11) is 1.55. The average molecular weight is 591 g/mol. The molecule has 11 heteroatoms. The smallest absolute Gasteiger partial charge is 0.279 e. The summed E-state index contributed by atoms with van der Waals surface area (Å²) in [6, 6.07) is 9.04. The number of carbonyl (C=O) groups is 1. The molecule has 0 saturated carbocycles. The van der Waals surface area contributed by atoms with Gasteiger partial charge in [0.1, 0.15) is 11.9 Å². The van der Waals surface area contributed by atoms with Crippen molar-refractivity contribution in [2.24, 2.45) is 0 Å². The van der Waals surface area contributed by atoms with Crippen molar-refractivity contribution in [1.29, 1.82) is 0 Å². The fourth-order valence-corrected chi connectivity index (χ4v) is 6.83. The summed E-state index contributed by atoms with van der Waals surface area (Å²) in [4.78, 5) is 32.1. The van der Waals surface area contributed by atoms with Crippen LogP contribution in [-0.2, 0) is 0 Å². The number of aliphatic hydroxyl groups is 1. The van der Waals surface area contributed by atoms with Crippen LogP contribution in [0.3, 0.4) is 0 Å². The number of fused-ring (bicyclic) bond motifs is 8. The Hall–Kier alpha value is -3.66. The van der Waals surface area contributed by atoms with Crippen molar-refractivity contribution in [1.82, 2.24) is 19.5 Å². The van der Waals surface area contributed by atoms with Gasteiger partial charge >= 0.3 is 0 Å². The molecule has 1 N–H and O–H groups in total. The molecule has 0 bridgehead atoms. The third-order valence-corrected chi connectivity index (χ3v) is 8.62. The van der Waals surface area contributed by atoms with Crippen LogP contribution in [0.4, 0.5) is 11.6 Å². The summed E-state index contributed by atoms with van der Waals surface area (Å²) >= 11 is 13.2. The zero-order chi connectivity index (χ0) is 29.0. The number of halogens is 2. The lowest BCUT2D eigenvalue weighted by Crippen LogP contribution is -2.60. The van der Waals surface area contributed by atoms with Crippen LogP contribution in [-0.4, -0.2) is 56.3 Å². The van der Waals surface area contributed by atoms with Gasteiger partial charge in [-0.3, -0.25) is 9.69 Å². The van der Waals surface area contributed by atoms with Gasteiger partial charge in [-0.2, -0.15) is 4.98 Å². The van der Waals surface area contributed by atoms with E-state index >= 15 is 0 Å². The normalized spacial score (nSPS) is 18.2. The highest BCUT2D eigenvalue weighted by molar-refractivity contribution is 6.35. The Balaban J connectivity index is 1.43. The third-order valence-electron chi connectivity index (χ3n) is 8.07. The second-order valence-corrected chi connectivity index (χ2v) is 12.3.